The third kappa shape index (κ3) is 6.37. The quantitative estimate of drug-likeness (QED) is 0.220. The van der Waals surface area contributed by atoms with Crippen molar-refractivity contribution in [2.24, 2.45) is 0 Å². The molecular weight excluding hydrogens is 589 g/mol. The van der Waals surface area contributed by atoms with Gasteiger partial charge in [0.25, 0.3) is 16.8 Å². The van der Waals surface area contributed by atoms with Crippen molar-refractivity contribution in [3.05, 3.63) is 65.9 Å². The van der Waals surface area contributed by atoms with E-state index in [9.17, 15) is 31.2 Å². The van der Waals surface area contributed by atoms with E-state index in [0.29, 0.717) is 5.56 Å². The minimum absolute atomic E-state index is 0.154. The number of aryl methyl sites for hydroxylation is 1. The number of benzene rings is 2. The number of sulfonamides is 1. The van der Waals surface area contributed by atoms with Crippen molar-refractivity contribution in [2.45, 2.75) is 31.0 Å². The number of amides is 1. The highest BCUT2D eigenvalue weighted by atomic mass is 32.2. The van der Waals surface area contributed by atoms with Crippen molar-refractivity contribution in [1.29, 1.82) is 0 Å². The molecule has 4 aromatic rings. The van der Waals surface area contributed by atoms with Crippen LogP contribution in [0.2, 0.25) is 0 Å². The highest BCUT2D eigenvalue weighted by molar-refractivity contribution is 7.90. The van der Waals surface area contributed by atoms with Crippen LogP contribution in [-0.2, 0) is 30.5 Å². The Kier molecular flexibility index (Phi) is 7.40. The minimum atomic E-state index is -4.70. The summed E-state index contributed by atoms with van der Waals surface area (Å²) in [5.74, 6) is -0.539. The maximum atomic E-state index is 13.4. The molecule has 0 radical (unpaired) electrons. The SMILES string of the molecule is CC(=O)OCOn1on1N1CC(OC(=O)NS(=O)(=O)c2ccc(-n3nc(C(F)(F)F)cc3-c3ccc(C)cc3)cc2)C1. The number of halogens is 3. The van der Waals surface area contributed by atoms with Gasteiger partial charge in [-0.05, 0) is 37.3 Å². The molecule has 1 amide bonds. The van der Waals surface area contributed by atoms with Crippen molar-refractivity contribution in [3.63, 3.8) is 0 Å². The number of alkyl halides is 3. The van der Waals surface area contributed by atoms with E-state index >= 15 is 0 Å². The Labute approximate surface area is 235 Å². The number of carbonyl (C=O) groups is 2. The summed E-state index contributed by atoms with van der Waals surface area (Å²) in [6.07, 6.45) is -6.58. The Morgan fingerprint density at radius 3 is 2.38 bits per heavy atom. The van der Waals surface area contributed by atoms with Crippen LogP contribution in [0, 0.1) is 6.92 Å². The molecule has 1 fully saturated rings. The zero-order chi connectivity index (χ0) is 30.2. The minimum Gasteiger partial charge on any atom is -0.442 e. The lowest BCUT2D eigenvalue weighted by Crippen LogP contribution is -2.58. The maximum absolute atomic E-state index is 13.4. The average molecular weight is 613 g/mol. The first-order valence-corrected chi connectivity index (χ1v) is 13.7. The van der Waals surface area contributed by atoms with Crippen LogP contribution in [-0.4, -0.2) is 66.2 Å². The molecule has 0 bridgehead atoms. The molecule has 18 heteroatoms. The Hall–Kier alpha value is -4.87. The molecular formula is C24H23F3N6O8S. The number of hydrogen-bond acceptors (Lipinski definition) is 10. The standard InChI is InChI=1S/C24H23F3N6O8S/c1-15-3-5-17(6-4-15)21-11-22(24(25,26)27)28-31(21)18-7-9-20(10-8-18)42(36,37)29-23(35)40-19-12-30(13-19)32-33(41-32)39-14-38-16(2)34/h3-11,19H,12-14H2,1-2H3,(H,29,35). The molecule has 224 valence electrons. The molecule has 14 nitrogen and oxygen atoms in total. The lowest BCUT2D eigenvalue weighted by molar-refractivity contribution is -0.156. The van der Waals surface area contributed by atoms with Crippen molar-refractivity contribution in [2.75, 3.05) is 24.9 Å². The third-order valence-corrected chi connectivity index (χ3v) is 7.31. The first kappa shape index (κ1) is 28.7. The lowest BCUT2D eigenvalue weighted by atomic mass is 10.1. The summed E-state index contributed by atoms with van der Waals surface area (Å²) in [5.41, 5.74) is 0.606. The Bertz CT molecular complexity index is 1680. The van der Waals surface area contributed by atoms with E-state index in [2.05, 4.69) is 9.84 Å². The monoisotopic (exact) mass is 612 g/mol. The van der Waals surface area contributed by atoms with Crippen LogP contribution >= 0.6 is 0 Å². The first-order valence-electron chi connectivity index (χ1n) is 12.2. The summed E-state index contributed by atoms with van der Waals surface area (Å²) in [6.45, 7) is 2.99. The highest BCUT2D eigenvalue weighted by Crippen LogP contribution is 2.33. The highest BCUT2D eigenvalue weighted by Gasteiger charge is 2.37. The van der Waals surface area contributed by atoms with Crippen LogP contribution in [0.3, 0.4) is 0 Å². The Morgan fingerprint density at radius 1 is 1.10 bits per heavy atom. The zero-order valence-electron chi connectivity index (χ0n) is 21.9. The number of aromatic nitrogens is 4. The van der Waals surface area contributed by atoms with E-state index in [1.807, 2.05) is 6.92 Å². The van der Waals surface area contributed by atoms with E-state index in [1.54, 1.807) is 34.0 Å². The number of nitrogens with one attached hydrogen (secondary N) is 1. The van der Waals surface area contributed by atoms with E-state index in [4.69, 9.17) is 14.2 Å². The number of esters is 1. The van der Waals surface area contributed by atoms with E-state index in [-0.39, 0.29) is 36.2 Å². The topological polar surface area (TPSA) is 152 Å². The predicted molar refractivity (Wildman–Crippen MR) is 135 cm³/mol. The molecule has 3 heterocycles. The molecule has 1 aliphatic heterocycles. The molecule has 0 unspecified atom stereocenters. The smallest absolute Gasteiger partial charge is 0.435 e. The molecule has 42 heavy (non-hydrogen) atoms. The molecule has 1 N–H and O–H groups in total. The fraction of sp³-hybridized carbons (Fsp3) is 0.292. The van der Waals surface area contributed by atoms with Gasteiger partial charge in [0.05, 0.1) is 34.3 Å². The maximum Gasteiger partial charge on any atom is 0.435 e. The molecule has 5 rings (SSSR count). The Morgan fingerprint density at radius 2 is 1.76 bits per heavy atom. The molecule has 0 spiro atoms. The van der Waals surface area contributed by atoms with Gasteiger partial charge in [0.15, 0.2) is 5.69 Å². The molecule has 0 aliphatic carbocycles. The van der Waals surface area contributed by atoms with Gasteiger partial charge < -0.3 is 14.3 Å². The van der Waals surface area contributed by atoms with Gasteiger partial charge in [0.1, 0.15) is 11.1 Å². The molecule has 2 aromatic carbocycles. The Balaban J connectivity index is 1.21. The van der Waals surface area contributed by atoms with Crippen LogP contribution in [0.15, 0.2) is 64.1 Å². The average Bonchev–Trinajstić information content (AvgIpc) is 3.48. The van der Waals surface area contributed by atoms with E-state index < -0.39 is 40.1 Å². The fourth-order valence-electron chi connectivity index (χ4n) is 3.82. The summed E-state index contributed by atoms with van der Waals surface area (Å²) < 4.78 is 83.3. The normalized spacial score (nSPS) is 14.0. The summed E-state index contributed by atoms with van der Waals surface area (Å²) in [6, 6.07) is 12.5. The predicted octanol–water partition coefficient (Wildman–Crippen LogP) is 2.45. The third-order valence-electron chi connectivity index (χ3n) is 5.98. The van der Waals surface area contributed by atoms with Crippen molar-refractivity contribution < 1.29 is 50.1 Å². The lowest BCUT2D eigenvalue weighted by Gasteiger charge is -2.34. The van der Waals surface area contributed by atoms with Gasteiger partial charge in [-0.3, -0.25) is 9.80 Å². The van der Waals surface area contributed by atoms with E-state index in [1.165, 1.54) is 24.0 Å². The number of rotatable bonds is 9. The summed E-state index contributed by atoms with van der Waals surface area (Å²) in [5, 5.41) is 6.16. The number of ether oxygens (including phenoxy) is 2. The van der Waals surface area contributed by atoms with Crippen LogP contribution < -0.4 is 14.6 Å². The van der Waals surface area contributed by atoms with E-state index in [0.717, 1.165) is 33.5 Å². The van der Waals surface area contributed by atoms with Gasteiger partial charge in [0.2, 0.25) is 0 Å². The van der Waals surface area contributed by atoms with Crippen LogP contribution in [0.25, 0.3) is 16.9 Å². The summed E-state index contributed by atoms with van der Waals surface area (Å²) in [4.78, 5) is 28.7. The van der Waals surface area contributed by atoms with Crippen LogP contribution in [0.4, 0.5) is 18.0 Å². The second-order valence-corrected chi connectivity index (χ2v) is 10.8. The number of carbonyl (C=O) groups excluding carboxylic acids is 2. The van der Waals surface area contributed by atoms with Gasteiger partial charge >= 0.3 is 18.2 Å². The molecule has 1 saturated heterocycles. The largest absolute Gasteiger partial charge is 0.442 e. The van der Waals surface area contributed by atoms with Crippen molar-refractivity contribution in [3.8, 4) is 16.9 Å². The second-order valence-electron chi connectivity index (χ2n) is 9.14. The second kappa shape index (κ2) is 10.8. The number of nitrogens with zero attached hydrogens (tertiary/aromatic N) is 5. The van der Waals surface area contributed by atoms with Gasteiger partial charge in [-0.1, -0.05) is 29.8 Å². The van der Waals surface area contributed by atoms with Gasteiger partial charge in [-0.2, -0.15) is 22.9 Å². The van der Waals surface area contributed by atoms with Gasteiger partial charge in [-0.25, -0.2) is 22.6 Å². The van der Waals surface area contributed by atoms with Crippen LogP contribution in [0.1, 0.15) is 18.2 Å². The molecule has 2 aromatic heterocycles. The zero-order valence-corrected chi connectivity index (χ0v) is 22.8. The van der Waals surface area contributed by atoms with Gasteiger partial charge in [0, 0.05) is 12.5 Å². The summed E-state index contributed by atoms with van der Waals surface area (Å²) >= 11 is 0. The molecule has 0 atom stereocenters. The molecule has 1 aliphatic rings. The van der Waals surface area contributed by atoms with Crippen LogP contribution in [0.5, 0.6) is 0 Å². The molecule has 0 saturated carbocycles. The van der Waals surface area contributed by atoms with Crippen molar-refractivity contribution in [1.82, 2.24) is 24.5 Å². The van der Waals surface area contributed by atoms with Crippen molar-refractivity contribution >= 4 is 22.1 Å². The summed E-state index contributed by atoms with van der Waals surface area (Å²) in [7, 11) is -4.37. The number of hydrogen-bond donors (Lipinski definition) is 1. The first-order chi connectivity index (χ1) is 19.8. The fourth-order valence-corrected chi connectivity index (χ4v) is 4.70. The van der Waals surface area contributed by atoms with Gasteiger partial charge in [-0.15, -0.1) is 0 Å².